The number of phenolic OH excluding ortho intramolecular Hbond substituents is 1. The highest BCUT2D eigenvalue weighted by atomic mass is 19.1. The molecule has 3 aromatic rings. The number of nitrogens with zero attached hydrogens (tertiary/aromatic N) is 6. The van der Waals surface area contributed by atoms with E-state index >= 15 is 4.39 Å². The third kappa shape index (κ3) is 8.16. The zero-order valence-electron chi connectivity index (χ0n) is 30.9. The average molecular weight is 723 g/mol. The van der Waals surface area contributed by atoms with Gasteiger partial charge in [-0.2, -0.15) is 15.2 Å². The highest BCUT2D eigenvalue weighted by Gasteiger charge is 2.50. The Balaban J connectivity index is 0.000000626. The molecule has 9 nitrogen and oxygen atoms in total. The van der Waals surface area contributed by atoms with Crippen molar-refractivity contribution in [3.8, 4) is 47.3 Å². The van der Waals surface area contributed by atoms with Gasteiger partial charge in [0.2, 0.25) is 5.88 Å². The summed E-state index contributed by atoms with van der Waals surface area (Å²) in [5.74, 6) is 3.82. The highest BCUT2D eigenvalue weighted by molar-refractivity contribution is 5.99. The maximum atomic E-state index is 16.9. The standard InChI is InChI=1S/C36H37F2N5O3.C6H11N/c1-5-12-43(13-6-2)33-29-32(40-35(41-33)46-20-36(10-11-36)19-42-17-22-14-23(22)18-42)30(38)31(39-34(29)45-4)26-16-24(44)15-21-8-9-27(37)25(7-3)28(21)26;1-6(2)4-3-5-7/h3,5-6,15-16,22-23,44H,1-2,8-14,17-20H2,4H3;6H,3-4H2,1-2H3. The Morgan fingerprint density at radius 1 is 1.13 bits per heavy atom. The van der Waals surface area contributed by atoms with Crippen LogP contribution in [0.15, 0.2) is 43.3 Å². The fourth-order valence-electron chi connectivity index (χ4n) is 7.50. The molecule has 7 rings (SSSR count). The number of aromatic hydroxyl groups is 1. The fourth-order valence-corrected chi connectivity index (χ4v) is 7.50. The van der Waals surface area contributed by atoms with E-state index in [9.17, 15) is 9.50 Å². The summed E-state index contributed by atoms with van der Waals surface area (Å²) in [7, 11) is 1.42. The first-order valence-electron chi connectivity index (χ1n) is 18.4. The molecule has 2 unspecified atom stereocenters. The molecule has 1 aliphatic heterocycles. The third-order valence-electron chi connectivity index (χ3n) is 10.6. The van der Waals surface area contributed by atoms with E-state index in [1.54, 1.807) is 12.2 Å². The Kier molecular flexibility index (Phi) is 11.3. The Morgan fingerprint density at radius 3 is 2.43 bits per heavy atom. The van der Waals surface area contributed by atoms with E-state index < -0.39 is 11.6 Å². The Bertz CT molecular complexity index is 1990. The van der Waals surface area contributed by atoms with Crippen molar-refractivity contribution in [3.05, 3.63) is 60.2 Å². The molecule has 1 saturated heterocycles. The van der Waals surface area contributed by atoms with Gasteiger partial charge >= 0.3 is 6.01 Å². The SMILES string of the molecule is C#CC1=C(F)CCc2cc(O)cc(-c3nc(OC)c4c(N(CC=C)CC=C)nc(OCC5(CN6CC7CC7C6)CC5)nc4c3F)c21.CC(C)CCC#N. The minimum atomic E-state index is -0.797. The van der Waals surface area contributed by atoms with Crippen molar-refractivity contribution in [1.29, 1.82) is 5.26 Å². The fraction of sp³-hybridized carbons (Fsp3) is 0.476. The van der Waals surface area contributed by atoms with Crippen LogP contribution in [0.5, 0.6) is 17.6 Å². The molecule has 3 fully saturated rings. The summed E-state index contributed by atoms with van der Waals surface area (Å²) in [6, 6.07) is 4.99. The van der Waals surface area contributed by atoms with Crippen LogP contribution in [0.2, 0.25) is 0 Å². The lowest BCUT2D eigenvalue weighted by Crippen LogP contribution is -2.33. The van der Waals surface area contributed by atoms with E-state index in [2.05, 4.69) is 53.9 Å². The van der Waals surface area contributed by atoms with E-state index in [1.807, 2.05) is 4.90 Å². The molecule has 278 valence electrons. The van der Waals surface area contributed by atoms with Gasteiger partial charge in [-0.25, -0.2) is 13.8 Å². The predicted molar refractivity (Wildman–Crippen MR) is 204 cm³/mol. The highest BCUT2D eigenvalue weighted by Crippen LogP contribution is 2.51. The summed E-state index contributed by atoms with van der Waals surface area (Å²) >= 11 is 0. The van der Waals surface area contributed by atoms with Gasteiger partial charge in [-0.05, 0) is 67.6 Å². The molecule has 3 aliphatic carbocycles. The molecule has 11 heteroatoms. The van der Waals surface area contributed by atoms with Crippen LogP contribution in [0.25, 0.3) is 27.7 Å². The molecule has 0 spiro atoms. The number of terminal acetylenes is 1. The molecule has 2 aromatic heterocycles. The second-order valence-electron chi connectivity index (χ2n) is 15.1. The maximum Gasteiger partial charge on any atom is 0.319 e. The number of methoxy groups -OCH3 is 1. The Hall–Kier alpha value is -5.00. The minimum Gasteiger partial charge on any atom is -0.508 e. The van der Waals surface area contributed by atoms with Crippen LogP contribution in [0.1, 0.15) is 63.5 Å². The molecule has 0 radical (unpaired) electrons. The molecule has 1 aromatic carbocycles. The zero-order chi connectivity index (χ0) is 37.9. The van der Waals surface area contributed by atoms with Crippen molar-refractivity contribution in [2.45, 2.75) is 58.8 Å². The summed E-state index contributed by atoms with van der Waals surface area (Å²) in [4.78, 5) is 18.3. The lowest BCUT2D eigenvalue weighted by molar-refractivity contribution is 0.163. The van der Waals surface area contributed by atoms with Crippen molar-refractivity contribution < 1.29 is 23.4 Å². The summed E-state index contributed by atoms with van der Waals surface area (Å²) in [6.07, 6.45) is 14.7. The summed E-state index contributed by atoms with van der Waals surface area (Å²) in [5.41, 5.74) is 0.844. The molecule has 1 N–H and O–H groups in total. The normalized spacial score (nSPS) is 19.3. The summed E-state index contributed by atoms with van der Waals surface area (Å²) in [5, 5.41) is 18.9. The van der Waals surface area contributed by atoms with Crippen molar-refractivity contribution >= 4 is 22.3 Å². The number of likely N-dealkylation sites (tertiary alicyclic amines) is 1. The largest absolute Gasteiger partial charge is 0.508 e. The second-order valence-corrected chi connectivity index (χ2v) is 15.1. The van der Waals surface area contributed by atoms with E-state index in [4.69, 9.17) is 26.1 Å². The number of ether oxygens (including phenoxy) is 2. The van der Waals surface area contributed by atoms with E-state index in [1.165, 1.54) is 25.7 Å². The van der Waals surface area contributed by atoms with Crippen LogP contribution >= 0.6 is 0 Å². The quantitative estimate of drug-likeness (QED) is 0.131. The first kappa shape index (κ1) is 37.7. The van der Waals surface area contributed by atoms with E-state index in [-0.39, 0.29) is 57.2 Å². The van der Waals surface area contributed by atoms with Crippen molar-refractivity contribution in [3.63, 3.8) is 0 Å². The molecule has 0 amide bonds. The number of nitriles is 1. The number of benzene rings is 1. The van der Waals surface area contributed by atoms with Crippen LogP contribution in [0, 0.1) is 52.7 Å². The topological polar surface area (TPSA) is 108 Å². The van der Waals surface area contributed by atoms with Gasteiger partial charge in [-0.15, -0.1) is 19.6 Å². The molecule has 53 heavy (non-hydrogen) atoms. The number of anilines is 1. The number of aryl methyl sites for hydroxylation is 1. The second kappa shape index (κ2) is 15.9. The number of halogens is 2. The van der Waals surface area contributed by atoms with Crippen LogP contribution in [0.4, 0.5) is 14.6 Å². The number of hydrogen-bond donors (Lipinski definition) is 1. The van der Waals surface area contributed by atoms with Gasteiger partial charge in [0.25, 0.3) is 0 Å². The van der Waals surface area contributed by atoms with Crippen LogP contribution in [0.3, 0.4) is 0 Å². The summed E-state index contributed by atoms with van der Waals surface area (Å²) < 4.78 is 43.9. The number of piperidine rings is 1. The van der Waals surface area contributed by atoms with Gasteiger partial charge in [0.15, 0.2) is 5.82 Å². The zero-order valence-corrected chi connectivity index (χ0v) is 30.9. The van der Waals surface area contributed by atoms with Crippen molar-refractivity contribution in [2.75, 3.05) is 51.3 Å². The van der Waals surface area contributed by atoms with Gasteiger partial charge < -0.3 is 24.4 Å². The van der Waals surface area contributed by atoms with Gasteiger partial charge in [0.1, 0.15) is 34.0 Å². The molecule has 0 bridgehead atoms. The minimum absolute atomic E-state index is 0.0112. The maximum absolute atomic E-state index is 16.9. The first-order valence-corrected chi connectivity index (χ1v) is 18.4. The first-order chi connectivity index (χ1) is 25.5. The number of aromatic nitrogens is 3. The summed E-state index contributed by atoms with van der Waals surface area (Å²) in [6.45, 7) is 16.4. The Morgan fingerprint density at radius 2 is 1.85 bits per heavy atom. The number of rotatable bonds is 14. The number of phenols is 1. The molecular weight excluding hydrogens is 674 g/mol. The number of fused-ring (bicyclic) bond motifs is 3. The molecule has 3 heterocycles. The van der Waals surface area contributed by atoms with Crippen molar-refractivity contribution in [1.82, 2.24) is 19.9 Å². The van der Waals surface area contributed by atoms with Crippen LogP contribution in [-0.2, 0) is 6.42 Å². The number of pyridine rings is 1. The van der Waals surface area contributed by atoms with Gasteiger partial charge in [-0.3, -0.25) is 0 Å². The monoisotopic (exact) mass is 722 g/mol. The van der Waals surface area contributed by atoms with Crippen LogP contribution < -0.4 is 14.4 Å². The Labute approximate surface area is 311 Å². The van der Waals surface area contributed by atoms with Gasteiger partial charge in [0.05, 0.1) is 25.4 Å². The molecule has 4 aliphatic rings. The van der Waals surface area contributed by atoms with E-state index in [0.717, 1.165) is 50.7 Å². The lowest BCUT2D eigenvalue weighted by atomic mass is 9.85. The smallest absolute Gasteiger partial charge is 0.319 e. The van der Waals surface area contributed by atoms with Crippen molar-refractivity contribution in [2.24, 2.45) is 23.2 Å². The molecule has 2 saturated carbocycles. The van der Waals surface area contributed by atoms with E-state index in [0.29, 0.717) is 55.4 Å². The van der Waals surface area contributed by atoms with Crippen LogP contribution in [-0.4, -0.2) is 71.4 Å². The van der Waals surface area contributed by atoms with Gasteiger partial charge in [0, 0.05) is 62.1 Å². The molecule has 2 atom stereocenters. The average Bonchev–Trinajstić information content (AvgIpc) is 4.05. The lowest BCUT2D eigenvalue weighted by Gasteiger charge is -2.26. The number of hydrogen-bond acceptors (Lipinski definition) is 9. The molecular formula is C42H48F2N6O3. The number of allylic oxidation sites excluding steroid dienone is 2. The van der Waals surface area contributed by atoms with Gasteiger partial charge in [-0.1, -0.05) is 31.9 Å². The predicted octanol–water partition coefficient (Wildman–Crippen LogP) is 8.04. The third-order valence-corrected chi connectivity index (χ3v) is 10.6.